The van der Waals surface area contributed by atoms with Gasteiger partial charge in [-0.3, -0.25) is 0 Å². The fourth-order valence-electron chi connectivity index (χ4n) is 1.04. The normalized spacial score (nSPS) is 11.2. The molecule has 0 atom stereocenters. The zero-order chi connectivity index (χ0) is 11.1. The zero-order valence-electron chi connectivity index (χ0n) is 9.16. The Morgan fingerprint density at radius 3 is 2.67 bits per heavy atom. The van der Waals surface area contributed by atoms with Crippen molar-refractivity contribution in [1.29, 1.82) is 0 Å². The molecule has 86 valence electrons. The number of thiophene rings is 1. The van der Waals surface area contributed by atoms with E-state index in [1.807, 2.05) is 0 Å². The maximum Gasteiger partial charge on any atom is 0.0810 e. The fourth-order valence-corrected chi connectivity index (χ4v) is 2.43. The van der Waals surface area contributed by atoms with Crippen LogP contribution in [0.15, 0.2) is 15.9 Å². The van der Waals surface area contributed by atoms with Gasteiger partial charge in [0.25, 0.3) is 0 Å². The molecule has 0 fully saturated rings. The lowest BCUT2D eigenvalue weighted by Gasteiger charge is -2.06. The number of ether oxygens (including phenoxy) is 2. The van der Waals surface area contributed by atoms with E-state index in [0.29, 0.717) is 25.7 Å². The van der Waals surface area contributed by atoms with Gasteiger partial charge in [-0.05, 0) is 27.9 Å². The van der Waals surface area contributed by atoms with Crippen LogP contribution in [0.2, 0.25) is 0 Å². The molecule has 0 radical (unpaired) electrons. The third-order valence-corrected chi connectivity index (χ3v) is 3.36. The second-order valence-electron chi connectivity index (χ2n) is 3.75. The van der Waals surface area contributed by atoms with Gasteiger partial charge in [-0.25, -0.2) is 0 Å². The maximum atomic E-state index is 5.48. The van der Waals surface area contributed by atoms with Gasteiger partial charge in [0.2, 0.25) is 0 Å². The van der Waals surface area contributed by atoms with E-state index >= 15 is 0 Å². The molecule has 0 aromatic carbocycles. The molecule has 0 aliphatic heterocycles. The molecule has 1 aromatic heterocycles. The van der Waals surface area contributed by atoms with E-state index in [4.69, 9.17) is 9.47 Å². The molecule has 0 spiro atoms. The summed E-state index contributed by atoms with van der Waals surface area (Å²) in [5.74, 6) is 0.596. The summed E-state index contributed by atoms with van der Waals surface area (Å²) in [6.07, 6.45) is 0. The van der Waals surface area contributed by atoms with Crippen molar-refractivity contribution < 1.29 is 9.47 Å². The molecule has 0 aliphatic rings. The lowest BCUT2D eigenvalue weighted by molar-refractivity contribution is 0.0322. The van der Waals surface area contributed by atoms with Gasteiger partial charge in [0.15, 0.2) is 0 Å². The Morgan fingerprint density at radius 2 is 2.07 bits per heavy atom. The molecule has 0 bridgehead atoms. The second kappa shape index (κ2) is 7.39. The SMILES string of the molecule is CC(C)COCCOCc1cc(Br)cs1. The van der Waals surface area contributed by atoms with E-state index in [-0.39, 0.29) is 0 Å². The van der Waals surface area contributed by atoms with E-state index in [0.717, 1.165) is 11.1 Å². The molecular weight excluding hydrogens is 276 g/mol. The molecule has 0 N–H and O–H groups in total. The largest absolute Gasteiger partial charge is 0.379 e. The maximum absolute atomic E-state index is 5.48. The Hall–Kier alpha value is 0.1000. The van der Waals surface area contributed by atoms with Crippen LogP contribution in [0.25, 0.3) is 0 Å². The first kappa shape index (κ1) is 13.2. The number of hydrogen-bond acceptors (Lipinski definition) is 3. The van der Waals surface area contributed by atoms with Gasteiger partial charge < -0.3 is 9.47 Å². The summed E-state index contributed by atoms with van der Waals surface area (Å²) in [5.41, 5.74) is 0. The van der Waals surface area contributed by atoms with Crippen LogP contribution in [0.5, 0.6) is 0 Å². The molecule has 15 heavy (non-hydrogen) atoms. The Kier molecular flexibility index (Phi) is 6.48. The minimum absolute atomic E-state index is 0.596. The van der Waals surface area contributed by atoms with Gasteiger partial charge in [-0.2, -0.15) is 0 Å². The van der Waals surface area contributed by atoms with Gasteiger partial charge in [0.05, 0.1) is 19.8 Å². The van der Waals surface area contributed by atoms with Crippen LogP contribution in [-0.4, -0.2) is 19.8 Å². The van der Waals surface area contributed by atoms with Crippen LogP contribution < -0.4 is 0 Å². The highest BCUT2D eigenvalue weighted by Gasteiger charge is 1.98. The van der Waals surface area contributed by atoms with Crippen LogP contribution in [0.3, 0.4) is 0 Å². The Bertz CT molecular complexity index is 273. The van der Waals surface area contributed by atoms with Crippen LogP contribution >= 0.6 is 27.3 Å². The van der Waals surface area contributed by atoms with Crippen molar-refractivity contribution in [2.24, 2.45) is 5.92 Å². The molecular formula is C11H17BrO2S. The second-order valence-corrected chi connectivity index (χ2v) is 5.66. The average molecular weight is 293 g/mol. The summed E-state index contributed by atoms with van der Waals surface area (Å²) in [7, 11) is 0. The minimum atomic E-state index is 0.596. The van der Waals surface area contributed by atoms with Gasteiger partial charge in [0.1, 0.15) is 0 Å². The number of halogens is 1. The molecule has 1 aromatic rings. The Balaban J connectivity index is 1.98. The fraction of sp³-hybridized carbons (Fsp3) is 0.636. The van der Waals surface area contributed by atoms with Crippen LogP contribution in [-0.2, 0) is 16.1 Å². The highest BCUT2D eigenvalue weighted by atomic mass is 79.9. The van der Waals surface area contributed by atoms with Gasteiger partial charge >= 0.3 is 0 Å². The molecule has 0 unspecified atom stereocenters. The van der Waals surface area contributed by atoms with E-state index in [2.05, 4.69) is 41.2 Å². The highest BCUT2D eigenvalue weighted by Crippen LogP contribution is 2.20. The van der Waals surface area contributed by atoms with Crippen molar-refractivity contribution in [1.82, 2.24) is 0 Å². The van der Waals surface area contributed by atoms with Crippen molar-refractivity contribution in [3.63, 3.8) is 0 Å². The van der Waals surface area contributed by atoms with Crippen molar-refractivity contribution in [3.05, 3.63) is 20.8 Å². The Morgan fingerprint density at radius 1 is 1.33 bits per heavy atom. The van der Waals surface area contributed by atoms with E-state index in [1.54, 1.807) is 11.3 Å². The monoisotopic (exact) mass is 292 g/mol. The Labute approximate surface area is 104 Å². The van der Waals surface area contributed by atoms with Crippen LogP contribution in [0, 0.1) is 5.92 Å². The zero-order valence-corrected chi connectivity index (χ0v) is 11.6. The number of rotatable bonds is 7. The molecule has 0 amide bonds. The summed E-state index contributed by atoms with van der Waals surface area (Å²) in [6.45, 7) is 7.14. The molecule has 0 saturated carbocycles. The molecule has 2 nitrogen and oxygen atoms in total. The molecule has 0 saturated heterocycles. The van der Waals surface area contributed by atoms with Crippen molar-refractivity contribution in [2.45, 2.75) is 20.5 Å². The van der Waals surface area contributed by atoms with E-state index in [9.17, 15) is 0 Å². The van der Waals surface area contributed by atoms with Crippen molar-refractivity contribution in [3.8, 4) is 0 Å². The first-order valence-electron chi connectivity index (χ1n) is 5.07. The van der Waals surface area contributed by atoms with Crippen LogP contribution in [0.4, 0.5) is 0 Å². The quantitative estimate of drug-likeness (QED) is 0.714. The highest BCUT2D eigenvalue weighted by molar-refractivity contribution is 9.10. The first-order chi connectivity index (χ1) is 7.18. The first-order valence-corrected chi connectivity index (χ1v) is 6.74. The van der Waals surface area contributed by atoms with Gasteiger partial charge in [-0.15, -0.1) is 11.3 Å². The van der Waals surface area contributed by atoms with Crippen molar-refractivity contribution >= 4 is 27.3 Å². The molecule has 0 aliphatic carbocycles. The summed E-state index contributed by atoms with van der Waals surface area (Å²) in [6, 6.07) is 2.08. The van der Waals surface area contributed by atoms with E-state index < -0.39 is 0 Å². The molecule has 4 heteroatoms. The summed E-state index contributed by atoms with van der Waals surface area (Å²) >= 11 is 5.12. The lowest BCUT2D eigenvalue weighted by Crippen LogP contribution is -2.08. The lowest BCUT2D eigenvalue weighted by atomic mass is 10.2. The smallest absolute Gasteiger partial charge is 0.0810 e. The number of hydrogen-bond donors (Lipinski definition) is 0. The topological polar surface area (TPSA) is 18.5 Å². The average Bonchev–Trinajstić information content (AvgIpc) is 2.57. The van der Waals surface area contributed by atoms with Gasteiger partial charge in [-0.1, -0.05) is 13.8 Å². The minimum Gasteiger partial charge on any atom is -0.379 e. The summed E-state index contributed by atoms with van der Waals surface area (Å²) in [5, 5.41) is 2.06. The third-order valence-electron chi connectivity index (χ3n) is 1.69. The van der Waals surface area contributed by atoms with Crippen LogP contribution in [0.1, 0.15) is 18.7 Å². The molecule has 1 heterocycles. The molecule has 1 rings (SSSR count). The summed E-state index contributed by atoms with van der Waals surface area (Å²) < 4.78 is 12.0. The summed E-state index contributed by atoms with van der Waals surface area (Å²) in [4.78, 5) is 1.24. The van der Waals surface area contributed by atoms with Gasteiger partial charge in [0, 0.05) is 21.3 Å². The van der Waals surface area contributed by atoms with Crippen molar-refractivity contribution in [2.75, 3.05) is 19.8 Å². The predicted octanol–water partition coefficient (Wildman–Crippen LogP) is 3.70. The predicted molar refractivity (Wildman–Crippen MR) is 67.3 cm³/mol. The van der Waals surface area contributed by atoms with E-state index in [1.165, 1.54) is 4.88 Å². The standard InChI is InChI=1S/C11H17BrO2S/c1-9(2)6-13-3-4-14-7-11-5-10(12)8-15-11/h5,8-9H,3-4,6-7H2,1-2H3. The third kappa shape index (κ3) is 6.30.